The number of aliphatic hydroxyl groups excluding tert-OH is 4. The maximum Gasteiger partial charge on any atom is 0.334 e. The molecule has 0 aromatic carbocycles. The van der Waals surface area contributed by atoms with Gasteiger partial charge in [0, 0.05) is 34.9 Å². The van der Waals surface area contributed by atoms with Gasteiger partial charge in [-0.2, -0.15) is 0 Å². The molecule has 0 saturated carbocycles. The van der Waals surface area contributed by atoms with Crippen molar-refractivity contribution in [1.29, 1.82) is 0 Å². The van der Waals surface area contributed by atoms with E-state index in [1.54, 1.807) is 13.8 Å². The zero-order valence-electron chi connectivity index (χ0n) is 19.1. The molecule has 0 fully saturated rings. The van der Waals surface area contributed by atoms with E-state index < -0.39 is 11.9 Å². The Labute approximate surface area is 190 Å². The van der Waals surface area contributed by atoms with Crippen LogP contribution < -0.4 is 0 Å². The Balaban J connectivity index is -0.0000000907. The Morgan fingerprint density at radius 2 is 0.966 bits per heavy atom. The fraction of sp³-hybridized carbons (Fsp3) is 0.700. The molecule has 0 bridgehead atoms. The van der Waals surface area contributed by atoms with Gasteiger partial charge < -0.3 is 29.9 Å². The van der Waals surface area contributed by atoms with Crippen LogP contribution in [0.1, 0.15) is 55.4 Å². The SMILES string of the molecule is CC(C)CO.CC(C)CO.CCOC(=O)C=C(C)O.CCOC(=O)C=C(C)O.[Ti]. The van der Waals surface area contributed by atoms with Crippen LogP contribution in [0.4, 0.5) is 0 Å². The molecular weight excluding hydrogens is 416 g/mol. The second-order valence-corrected chi connectivity index (χ2v) is 6.23. The number of carbonyl (C=O) groups is 2. The molecule has 0 aliphatic heterocycles. The second-order valence-electron chi connectivity index (χ2n) is 6.23. The summed E-state index contributed by atoms with van der Waals surface area (Å²) in [7, 11) is 0. The maximum atomic E-state index is 10.4. The van der Waals surface area contributed by atoms with Crippen LogP contribution in [0.3, 0.4) is 0 Å². The van der Waals surface area contributed by atoms with E-state index in [1.807, 2.05) is 27.7 Å². The van der Waals surface area contributed by atoms with E-state index in [-0.39, 0.29) is 33.2 Å². The van der Waals surface area contributed by atoms with Gasteiger partial charge in [0.05, 0.1) is 36.9 Å². The molecule has 0 rings (SSSR count). The van der Waals surface area contributed by atoms with Crippen LogP contribution >= 0.6 is 0 Å². The largest absolute Gasteiger partial charge is 0.512 e. The summed E-state index contributed by atoms with van der Waals surface area (Å²) in [5.41, 5.74) is 0. The molecule has 4 N–H and O–H groups in total. The van der Waals surface area contributed by atoms with E-state index in [0.717, 1.165) is 12.2 Å². The third kappa shape index (κ3) is 58.4. The minimum Gasteiger partial charge on any atom is -0.512 e. The molecule has 9 heteroatoms. The Kier molecular flexibility index (Phi) is 38.1. The molecule has 0 atom stereocenters. The van der Waals surface area contributed by atoms with Crippen LogP contribution in [-0.2, 0) is 40.8 Å². The minimum atomic E-state index is -0.502. The molecule has 0 aliphatic carbocycles. The molecule has 0 amide bonds. The minimum absolute atomic E-state index is 0. The number of allylic oxidation sites excluding steroid dienone is 2. The number of carbonyl (C=O) groups excluding carboxylic acids is 2. The second kappa shape index (κ2) is 28.9. The van der Waals surface area contributed by atoms with Crippen molar-refractivity contribution in [3.05, 3.63) is 23.7 Å². The number of esters is 2. The standard InChI is InChI=1S/2C6H10O3.2C4H10O.Ti/c2*1-3-9-6(8)4-5(2)7;2*1-4(2)3-5;/h2*4,7H,3H2,1-2H3;2*4-5H,3H2,1-2H3;. The number of rotatable bonds is 6. The number of hydrogen-bond donors (Lipinski definition) is 4. The Morgan fingerprint density at radius 3 is 1.07 bits per heavy atom. The summed E-state index contributed by atoms with van der Waals surface area (Å²) in [6.45, 7) is 15.4. The van der Waals surface area contributed by atoms with Crippen LogP contribution in [0, 0.1) is 11.8 Å². The average Bonchev–Trinajstić information content (AvgIpc) is 2.55. The summed E-state index contributed by atoms with van der Waals surface area (Å²) in [5.74, 6) is -0.193. The third-order valence-electron chi connectivity index (χ3n) is 1.96. The van der Waals surface area contributed by atoms with Gasteiger partial charge in [-0.05, 0) is 39.5 Å². The van der Waals surface area contributed by atoms with Gasteiger partial charge in [-0.15, -0.1) is 0 Å². The first-order valence-corrected chi connectivity index (χ1v) is 9.17. The fourth-order valence-corrected chi connectivity index (χ4v) is 0.709. The summed E-state index contributed by atoms with van der Waals surface area (Å²) < 4.78 is 8.95. The van der Waals surface area contributed by atoms with Gasteiger partial charge in [-0.1, -0.05) is 27.7 Å². The summed E-state index contributed by atoms with van der Waals surface area (Å²) in [6, 6.07) is 0. The van der Waals surface area contributed by atoms with Gasteiger partial charge in [0.2, 0.25) is 0 Å². The number of aliphatic hydroxyl groups is 4. The normalized spacial score (nSPS) is 10.2. The zero-order valence-corrected chi connectivity index (χ0v) is 20.6. The fourth-order valence-electron chi connectivity index (χ4n) is 0.709. The molecule has 0 aromatic heterocycles. The molecule has 0 unspecified atom stereocenters. The zero-order chi connectivity index (χ0) is 23.1. The Hall–Kier alpha value is -1.35. The van der Waals surface area contributed by atoms with Crippen LogP contribution in [0.2, 0.25) is 0 Å². The van der Waals surface area contributed by atoms with Crippen LogP contribution in [-0.4, -0.2) is 58.8 Å². The molecule has 0 heterocycles. The van der Waals surface area contributed by atoms with Gasteiger partial charge in [0.15, 0.2) is 0 Å². The summed E-state index contributed by atoms with van der Waals surface area (Å²) >= 11 is 0. The first-order valence-electron chi connectivity index (χ1n) is 9.17. The average molecular weight is 456 g/mol. The van der Waals surface area contributed by atoms with Gasteiger partial charge in [-0.25, -0.2) is 9.59 Å². The van der Waals surface area contributed by atoms with Gasteiger partial charge >= 0.3 is 11.9 Å². The predicted molar refractivity (Wildman–Crippen MR) is 110 cm³/mol. The van der Waals surface area contributed by atoms with Crippen molar-refractivity contribution < 1.29 is 61.2 Å². The smallest absolute Gasteiger partial charge is 0.334 e. The van der Waals surface area contributed by atoms with Gasteiger partial charge in [0.25, 0.3) is 0 Å². The third-order valence-corrected chi connectivity index (χ3v) is 1.96. The molecule has 0 spiro atoms. The summed E-state index contributed by atoms with van der Waals surface area (Å²) in [5, 5.41) is 33.3. The van der Waals surface area contributed by atoms with E-state index in [0.29, 0.717) is 38.3 Å². The summed E-state index contributed by atoms with van der Waals surface area (Å²) in [4.78, 5) is 20.8. The van der Waals surface area contributed by atoms with E-state index in [9.17, 15) is 9.59 Å². The van der Waals surface area contributed by atoms with Crippen molar-refractivity contribution in [2.75, 3.05) is 26.4 Å². The van der Waals surface area contributed by atoms with Crippen LogP contribution in [0.25, 0.3) is 0 Å². The van der Waals surface area contributed by atoms with Crippen molar-refractivity contribution in [3.63, 3.8) is 0 Å². The molecule has 29 heavy (non-hydrogen) atoms. The predicted octanol–water partition coefficient (Wildman–Crippen LogP) is 3.29. The van der Waals surface area contributed by atoms with Gasteiger partial charge in [-0.3, -0.25) is 0 Å². The number of ether oxygens (including phenoxy) is 2. The van der Waals surface area contributed by atoms with Gasteiger partial charge in [0.1, 0.15) is 0 Å². The Bertz CT molecular complexity index is 384. The van der Waals surface area contributed by atoms with Crippen LogP contribution in [0.15, 0.2) is 23.7 Å². The van der Waals surface area contributed by atoms with Crippen LogP contribution in [0.5, 0.6) is 0 Å². The molecule has 172 valence electrons. The van der Waals surface area contributed by atoms with Crippen molar-refractivity contribution in [3.8, 4) is 0 Å². The Morgan fingerprint density at radius 1 is 0.759 bits per heavy atom. The molecule has 0 aliphatic rings. The van der Waals surface area contributed by atoms with E-state index in [1.165, 1.54) is 13.8 Å². The van der Waals surface area contributed by atoms with Crippen molar-refractivity contribution in [2.45, 2.75) is 55.4 Å². The maximum absolute atomic E-state index is 10.4. The first kappa shape index (κ1) is 38.3. The van der Waals surface area contributed by atoms with Crippen molar-refractivity contribution in [1.82, 2.24) is 0 Å². The number of hydrogen-bond acceptors (Lipinski definition) is 8. The molecule has 0 radical (unpaired) electrons. The van der Waals surface area contributed by atoms with E-state index in [4.69, 9.17) is 20.4 Å². The molecule has 0 aromatic rings. The monoisotopic (exact) mass is 456 g/mol. The van der Waals surface area contributed by atoms with E-state index in [2.05, 4.69) is 9.47 Å². The quantitative estimate of drug-likeness (QED) is 0.207. The molecular formula is C20H40O8Ti. The molecule has 0 saturated heterocycles. The topological polar surface area (TPSA) is 134 Å². The first-order chi connectivity index (χ1) is 12.9. The van der Waals surface area contributed by atoms with Crippen molar-refractivity contribution in [2.24, 2.45) is 11.8 Å². The molecule has 8 nitrogen and oxygen atoms in total. The van der Waals surface area contributed by atoms with E-state index >= 15 is 0 Å². The van der Waals surface area contributed by atoms with Crippen molar-refractivity contribution >= 4 is 11.9 Å². The summed E-state index contributed by atoms with van der Waals surface area (Å²) in [6.07, 6.45) is 2.06.